The summed E-state index contributed by atoms with van der Waals surface area (Å²) in [6.45, 7) is 2.06. The van der Waals surface area contributed by atoms with Gasteiger partial charge in [0.1, 0.15) is 0 Å². The highest BCUT2D eigenvalue weighted by Crippen LogP contribution is 2.26. The van der Waals surface area contributed by atoms with Crippen molar-refractivity contribution in [3.05, 3.63) is 35.9 Å². The minimum atomic E-state index is 0.722. The maximum absolute atomic E-state index is 5.85. The van der Waals surface area contributed by atoms with E-state index in [0.717, 1.165) is 22.1 Å². The second-order valence-corrected chi connectivity index (χ2v) is 3.28. The quantitative estimate of drug-likeness (QED) is 0.599. The highest BCUT2D eigenvalue weighted by Gasteiger charge is 2.00. The van der Waals surface area contributed by atoms with E-state index in [4.69, 9.17) is 11.5 Å². The molecule has 0 bridgehead atoms. The van der Waals surface area contributed by atoms with Gasteiger partial charge in [-0.05, 0) is 30.0 Å². The van der Waals surface area contributed by atoms with Crippen LogP contribution >= 0.6 is 0 Å². The predicted molar refractivity (Wildman–Crippen MR) is 57.5 cm³/mol. The fraction of sp³-hybridized carbons (Fsp3) is 0.0909. The highest BCUT2D eigenvalue weighted by atomic mass is 14.6. The number of nitrogens with two attached hydrogens (primary N) is 2. The number of aryl methyl sites for hydroxylation is 1. The lowest BCUT2D eigenvalue weighted by atomic mass is 10.0. The molecule has 0 amide bonds. The molecule has 0 saturated heterocycles. The van der Waals surface area contributed by atoms with E-state index in [-0.39, 0.29) is 0 Å². The van der Waals surface area contributed by atoms with Crippen molar-refractivity contribution < 1.29 is 0 Å². The zero-order valence-electron chi connectivity index (χ0n) is 7.54. The second-order valence-electron chi connectivity index (χ2n) is 3.28. The van der Waals surface area contributed by atoms with Gasteiger partial charge in [0.25, 0.3) is 0 Å². The SMILES string of the molecule is Cc1cccc2c(N)cc(N)cc12. The van der Waals surface area contributed by atoms with Crippen molar-refractivity contribution >= 4 is 22.1 Å². The summed E-state index contributed by atoms with van der Waals surface area (Å²) in [5, 5.41) is 2.22. The van der Waals surface area contributed by atoms with E-state index in [1.54, 1.807) is 6.07 Å². The molecule has 66 valence electrons. The molecule has 2 aromatic carbocycles. The molecule has 0 atom stereocenters. The van der Waals surface area contributed by atoms with Crippen molar-refractivity contribution in [3.63, 3.8) is 0 Å². The van der Waals surface area contributed by atoms with Crippen molar-refractivity contribution in [1.82, 2.24) is 0 Å². The van der Waals surface area contributed by atoms with E-state index >= 15 is 0 Å². The van der Waals surface area contributed by atoms with Gasteiger partial charge in [-0.2, -0.15) is 0 Å². The Morgan fingerprint density at radius 3 is 2.54 bits per heavy atom. The van der Waals surface area contributed by atoms with Crippen LogP contribution in [-0.2, 0) is 0 Å². The Labute approximate surface area is 77.2 Å². The van der Waals surface area contributed by atoms with E-state index in [1.165, 1.54) is 5.56 Å². The monoisotopic (exact) mass is 172 g/mol. The fourth-order valence-corrected chi connectivity index (χ4v) is 1.59. The van der Waals surface area contributed by atoms with Crippen LogP contribution in [0.2, 0.25) is 0 Å². The van der Waals surface area contributed by atoms with E-state index in [0.29, 0.717) is 0 Å². The van der Waals surface area contributed by atoms with E-state index in [9.17, 15) is 0 Å². The predicted octanol–water partition coefficient (Wildman–Crippen LogP) is 2.31. The van der Waals surface area contributed by atoms with Crippen molar-refractivity contribution in [2.24, 2.45) is 0 Å². The number of benzene rings is 2. The molecule has 2 nitrogen and oxygen atoms in total. The number of hydrogen-bond donors (Lipinski definition) is 2. The van der Waals surface area contributed by atoms with Crippen molar-refractivity contribution in [2.45, 2.75) is 6.92 Å². The van der Waals surface area contributed by atoms with Gasteiger partial charge in [0, 0.05) is 16.8 Å². The summed E-state index contributed by atoms with van der Waals surface area (Å²) in [7, 11) is 0. The molecule has 0 aromatic heterocycles. The molecule has 0 fully saturated rings. The van der Waals surface area contributed by atoms with Gasteiger partial charge >= 0.3 is 0 Å². The maximum Gasteiger partial charge on any atom is 0.0414 e. The zero-order valence-corrected chi connectivity index (χ0v) is 7.54. The minimum absolute atomic E-state index is 0.722. The Bertz CT molecular complexity index is 461. The van der Waals surface area contributed by atoms with Crippen LogP contribution in [-0.4, -0.2) is 0 Å². The minimum Gasteiger partial charge on any atom is -0.399 e. The van der Waals surface area contributed by atoms with E-state index in [1.807, 2.05) is 18.2 Å². The molecule has 0 radical (unpaired) electrons. The number of hydrogen-bond acceptors (Lipinski definition) is 2. The van der Waals surface area contributed by atoms with E-state index in [2.05, 4.69) is 13.0 Å². The average Bonchev–Trinajstić information content (AvgIpc) is 2.07. The van der Waals surface area contributed by atoms with E-state index < -0.39 is 0 Å². The van der Waals surface area contributed by atoms with Crippen LogP contribution in [0, 0.1) is 6.92 Å². The lowest BCUT2D eigenvalue weighted by Crippen LogP contribution is -1.92. The second kappa shape index (κ2) is 2.66. The first-order valence-electron chi connectivity index (χ1n) is 4.23. The van der Waals surface area contributed by atoms with Crippen LogP contribution in [0.25, 0.3) is 10.8 Å². The van der Waals surface area contributed by atoms with Crippen molar-refractivity contribution in [3.8, 4) is 0 Å². The molecule has 0 spiro atoms. The third-order valence-electron chi connectivity index (χ3n) is 2.27. The van der Waals surface area contributed by atoms with Crippen molar-refractivity contribution in [1.29, 1.82) is 0 Å². The largest absolute Gasteiger partial charge is 0.399 e. The standard InChI is InChI=1S/C11H12N2/c1-7-3-2-4-9-10(7)5-8(12)6-11(9)13/h2-6H,12-13H2,1H3. The third-order valence-corrected chi connectivity index (χ3v) is 2.27. The Morgan fingerprint density at radius 1 is 1.00 bits per heavy atom. The molecule has 4 N–H and O–H groups in total. The van der Waals surface area contributed by atoms with Gasteiger partial charge in [-0.15, -0.1) is 0 Å². The van der Waals surface area contributed by atoms with Gasteiger partial charge in [0.05, 0.1) is 0 Å². The van der Waals surface area contributed by atoms with Crippen molar-refractivity contribution in [2.75, 3.05) is 11.5 Å². The maximum atomic E-state index is 5.85. The summed E-state index contributed by atoms with van der Waals surface area (Å²) >= 11 is 0. The van der Waals surface area contributed by atoms with Crippen LogP contribution in [0.1, 0.15) is 5.56 Å². The fourth-order valence-electron chi connectivity index (χ4n) is 1.59. The molecule has 0 heterocycles. The molecule has 2 heteroatoms. The first kappa shape index (κ1) is 7.92. The average molecular weight is 172 g/mol. The Morgan fingerprint density at radius 2 is 1.77 bits per heavy atom. The van der Waals surface area contributed by atoms with Gasteiger partial charge < -0.3 is 11.5 Å². The molecule has 13 heavy (non-hydrogen) atoms. The summed E-state index contributed by atoms with van der Waals surface area (Å²) < 4.78 is 0. The smallest absolute Gasteiger partial charge is 0.0414 e. The van der Waals surface area contributed by atoms with Gasteiger partial charge in [0.15, 0.2) is 0 Å². The van der Waals surface area contributed by atoms with Crippen LogP contribution in [0.5, 0.6) is 0 Å². The van der Waals surface area contributed by atoms with Crippen LogP contribution in [0.3, 0.4) is 0 Å². The zero-order chi connectivity index (χ0) is 9.42. The number of fused-ring (bicyclic) bond motifs is 1. The molecule has 0 unspecified atom stereocenters. The lowest BCUT2D eigenvalue weighted by molar-refractivity contribution is 1.53. The summed E-state index contributed by atoms with van der Waals surface area (Å²) in [6.07, 6.45) is 0. The summed E-state index contributed by atoms with van der Waals surface area (Å²) in [5.74, 6) is 0. The highest BCUT2D eigenvalue weighted by molar-refractivity contribution is 5.97. The molecule has 0 aliphatic carbocycles. The normalized spacial score (nSPS) is 10.5. The number of rotatable bonds is 0. The lowest BCUT2D eigenvalue weighted by Gasteiger charge is -2.05. The summed E-state index contributed by atoms with van der Waals surface area (Å²) in [4.78, 5) is 0. The number of nitrogen functional groups attached to an aromatic ring is 2. The first-order valence-corrected chi connectivity index (χ1v) is 4.23. The molecule has 0 aliphatic rings. The Balaban J connectivity index is 2.94. The topological polar surface area (TPSA) is 52.0 Å². The first-order chi connectivity index (χ1) is 6.18. The van der Waals surface area contributed by atoms with Gasteiger partial charge in [-0.3, -0.25) is 0 Å². The Kier molecular flexibility index (Phi) is 1.62. The molecule has 0 aliphatic heterocycles. The molecule has 2 aromatic rings. The van der Waals surface area contributed by atoms with Crippen LogP contribution in [0.15, 0.2) is 30.3 Å². The van der Waals surface area contributed by atoms with Gasteiger partial charge in [-0.25, -0.2) is 0 Å². The van der Waals surface area contributed by atoms with Crippen LogP contribution < -0.4 is 11.5 Å². The molecule has 0 saturated carbocycles. The molecule has 2 rings (SSSR count). The summed E-state index contributed by atoms with van der Waals surface area (Å²) in [6, 6.07) is 9.82. The Hall–Kier alpha value is -1.70. The molecular weight excluding hydrogens is 160 g/mol. The molecular formula is C11H12N2. The third kappa shape index (κ3) is 1.20. The van der Waals surface area contributed by atoms with Gasteiger partial charge in [0.2, 0.25) is 0 Å². The van der Waals surface area contributed by atoms with Crippen LogP contribution in [0.4, 0.5) is 11.4 Å². The van der Waals surface area contributed by atoms with Gasteiger partial charge in [-0.1, -0.05) is 18.2 Å². The number of anilines is 2. The summed E-state index contributed by atoms with van der Waals surface area (Å²) in [5.41, 5.74) is 14.2.